The second-order valence-corrected chi connectivity index (χ2v) is 5.44. The van der Waals surface area contributed by atoms with Crippen LogP contribution in [0.15, 0.2) is 21.6 Å². The zero-order valence-electron chi connectivity index (χ0n) is 11.2. The van der Waals surface area contributed by atoms with Gasteiger partial charge in [0.05, 0.1) is 11.7 Å². The summed E-state index contributed by atoms with van der Waals surface area (Å²) in [4.78, 5) is 16.3. The normalized spacial score (nSPS) is 12.8. The van der Waals surface area contributed by atoms with Gasteiger partial charge < -0.3 is 9.84 Å². The Bertz CT molecular complexity index is 799. The summed E-state index contributed by atoms with van der Waals surface area (Å²) < 4.78 is 6.44. The van der Waals surface area contributed by atoms with Crippen molar-refractivity contribution in [2.75, 3.05) is 5.32 Å². The van der Waals surface area contributed by atoms with Gasteiger partial charge >= 0.3 is 0 Å². The number of hydrogen-bond acceptors (Lipinski definition) is 7. The molecule has 0 fully saturated rings. The van der Waals surface area contributed by atoms with Crippen LogP contribution in [-0.4, -0.2) is 19.8 Å². The molecule has 104 valence electrons. The molecule has 0 bridgehead atoms. The van der Waals surface area contributed by atoms with Gasteiger partial charge in [-0.25, -0.2) is 4.98 Å². The fraction of sp³-hybridized carbons (Fsp3) is 0.333. The van der Waals surface area contributed by atoms with E-state index in [0.717, 1.165) is 17.0 Å². The molecule has 3 heterocycles. The Labute approximate surface area is 118 Å². The van der Waals surface area contributed by atoms with Crippen LogP contribution in [0.4, 0.5) is 5.13 Å². The Hall–Kier alpha value is -2.22. The Balaban J connectivity index is 1.93. The highest BCUT2D eigenvalue weighted by atomic mass is 32.1. The molecule has 20 heavy (non-hydrogen) atoms. The smallest absolute Gasteiger partial charge is 0.275 e. The van der Waals surface area contributed by atoms with Crippen molar-refractivity contribution in [2.24, 2.45) is 0 Å². The van der Waals surface area contributed by atoms with Gasteiger partial charge in [-0.15, -0.1) is 5.10 Å². The van der Waals surface area contributed by atoms with Crippen molar-refractivity contribution in [3.05, 3.63) is 39.6 Å². The van der Waals surface area contributed by atoms with Crippen molar-refractivity contribution in [1.82, 2.24) is 19.8 Å². The monoisotopic (exact) mass is 291 g/mol. The number of nitrogens with zero attached hydrogens (tertiary/aromatic N) is 4. The number of anilines is 1. The third kappa shape index (κ3) is 2.07. The number of fused-ring (bicyclic) bond motifs is 1. The molecule has 0 aliphatic rings. The first-order valence-electron chi connectivity index (χ1n) is 6.10. The van der Waals surface area contributed by atoms with Gasteiger partial charge in [-0.1, -0.05) is 16.5 Å². The van der Waals surface area contributed by atoms with E-state index in [2.05, 4.69) is 20.6 Å². The van der Waals surface area contributed by atoms with E-state index in [0.29, 0.717) is 10.1 Å². The van der Waals surface area contributed by atoms with E-state index >= 15 is 0 Å². The molecule has 0 amide bonds. The lowest BCUT2D eigenvalue weighted by atomic mass is 10.1. The topological polar surface area (TPSA) is 85.3 Å². The number of aryl methyl sites for hydroxylation is 2. The highest BCUT2D eigenvalue weighted by Crippen LogP contribution is 2.26. The summed E-state index contributed by atoms with van der Waals surface area (Å²) in [6, 6.07) is 1.37. The first kappa shape index (κ1) is 12.8. The minimum Gasteiger partial charge on any atom is -0.361 e. The number of nitrogens with one attached hydrogen (secondary N) is 1. The van der Waals surface area contributed by atoms with E-state index < -0.39 is 0 Å². The fourth-order valence-corrected chi connectivity index (χ4v) is 3.03. The molecule has 1 atom stereocenters. The van der Waals surface area contributed by atoms with Gasteiger partial charge in [0, 0.05) is 17.8 Å². The molecule has 0 saturated carbocycles. The van der Waals surface area contributed by atoms with Crippen LogP contribution in [-0.2, 0) is 0 Å². The Morgan fingerprint density at radius 3 is 2.90 bits per heavy atom. The van der Waals surface area contributed by atoms with Crippen LogP contribution in [0, 0.1) is 13.8 Å². The largest absolute Gasteiger partial charge is 0.361 e. The third-order valence-electron chi connectivity index (χ3n) is 3.03. The molecule has 1 N–H and O–H groups in total. The van der Waals surface area contributed by atoms with Gasteiger partial charge in [-0.3, -0.25) is 4.79 Å². The van der Waals surface area contributed by atoms with E-state index in [-0.39, 0.29) is 11.6 Å². The first-order chi connectivity index (χ1) is 9.56. The average Bonchev–Trinajstić information content (AvgIpc) is 2.94. The zero-order valence-corrected chi connectivity index (χ0v) is 12.1. The van der Waals surface area contributed by atoms with Gasteiger partial charge in [0.1, 0.15) is 5.76 Å². The summed E-state index contributed by atoms with van der Waals surface area (Å²) in [7, 11) is 0. The molecule has 0 aliphatic heterocycles. The van der Waals surface area contributed by atoms with Crippen molar-refractivity contribution in [3.8, 4) is 0 Å². The van der Waals surface area contributed by atoms with Gasteiger partial charge in [-0.2, -0.15) is 4.52 Å². The summed E-state index contributed by atoms with van der Waals surface area (Å²) in [5.74, 6) is 0.777. The predicted octanol–water partition coefficient (Wildman–Crippen LogP) is 1.93. The van der Waals surface area contributed by atoms with Gasteiger partial charge in [0.2, 0.25) is 10.1 Å². The van der Waals surface area contributed by atoms with Crippen molar-refractivity contribution in [3.63, 3.8) is 0 Å². The highest BCUT2D eigenvalue weighted by molar-refractivity contribution is 7.20. The van der Waals surface area contributed by atoms with E-state index in [9.17, 15) is 4.79 Å². The number of hydrogen-bond donors (Lipinski definition) is 1. The quantitative estimate of drug-likeness (QED) is 0.793. The van der Waals surface area contributed by atoms with E-state index in [1.807, 2.05) is 20.8 Å². The molecule has 3 rings (SSSR count). The maximum absolute atomic E-state index is 11.6. The number of rotatable bonds is 3. The van der Waals surface area contributed by atoms with E-state index in [1.165, 1.54) is 28.1 Å². The van der Waals surface area contributed by atoms with Crippen molar-refractivity contribution in [2.45, 2.75) is 26.8 Å². The van der Waals surface area contributed by atoms with Crippen LogP contribution >= 0.6 is 11.3 Å². The molecule has 0 radical (unpaired) electrons. The number of aromatic nitrogens is 4. The van der Waals surface area contributed by atoms with Crippen molar-refractivity contribution in [1.29, 1.82) is 0 Å². The second kappa shape index (κ2) is 4.71. The zero-order chi connectivity index (χ0) is 14.3. The molecule has 0 spiro atoms. The molecule has 0 saturated heterocycles. The van der Waals surface area contributed by atoms with E-state index in [1.54, 1.807) is 0 Å². The summed E-state index contributed by atoms with van der Waals surface area (Å²) in [5, 5.41) is 12.0. The molecule has 7 nitrogen and oxygen atoms in total. The Morgan fingerprint density at radius 1 is 1.45 bits per heavy atom. The predicted molar refractivity (Wildman–Crippen MR) is 75.1 cm³/mol. The van der Waals surface area contributed by atoms with Crippen molar-refractivity contribution < 1.29 is 4.52 Å². The summed E-state index contributed by atoms with van der Waals surface area (Å²) in [6.07, 6.45) is 1.48. The van der Waals surface area contributed by atoms with Crippen molar-refractivity contribution >= 4 is 21.4 Å². The third-order valence-corrected chi connectivity index (χ3v) is 3.89. The Morgan fingerprint density at radius 2 is 2.25 bits per heavy atom. The first-order valence-corrected chi connectivity index (χ1v) is 6.92. The van der Waals surface area contributed by atoms with Crippen LogP contribution in [0.25, 0.3) is 4.96 Å². The summed E-state index contributed by atoms with van der Waals surface area (Å²) >= 11 is 1.33. The molecule has 0 aliphatic carbocycles. The second-order valence-electron chi connectivity index (χ2n) is 4.49. The van der Waals surface area contributed by atoms with Crippen LogP contribution in [0.1, 0.15) is 30.0 Å². The lowest BCUT2D eigenvalue weighted by Gasteiger charge is -2.11. The molecule has 0 aromatic carbocycles. The van der Waals surface area contributed by atoms with E-state index in [4.69, 9.17) is 4.52 Å². The maximum atomic E-state index is 11.6. The SMILES string of the molecule is Cc1noc(C)c1C(C)Nc1nn2c(=O)ccnc2s1. The fourth-order valence-electron chi connectivity index (χ4n) is 2.17. The standard InChI is InChI=1S/C12H13N5O2S/c1-6(10-7(2)16-19-8(10)3)14-11-15-17-9(18)4-5-13-12(17)20-11/h4-6H,1-3H3,(H,14,15). The van der Waals surface area contributed by atoms with Gasteiger partial charge in [-0.05, 0) is 20.8 Å². The summed E-state index contributed by atoms with van der Waals surface area (Å²) in [6.45, 7) is 5.77. The molecular weight excluding hydrogens is 278 g/mol. The molecule has 3 aromatic rings. The van der Waals surface area contributed by atoms with Gasteiger partial charge in [0.25, 0.3) is 5.56 Å². The lowest BCUT2D eigenvalue weighted by Crippen LogP contribution is -2.13. The molecule has 3 aromatic heterocycles. The van der Waals surface area contributed by atoms with Crippen LogP contribution in [0.5, 0.6) is 0 Å². The van der Waals surface area contributed by atoms with Crippen LogP contribution in [0.3, 0.4) is 0 Å². The lowest BCUT2D eigenvalue weighted by molar-refractivity contribution is 0.392. The maximum Gasteiger partial charge on any atom is 0.275 e. The summed E-state index contributed by atoms with van der Waals surface area (Å²) in [5.41, 5.74) is 1.66. The minimum atomic E-state index is -0.190. The minimum absolute atomic E-state index is 0.0162. The highest BCUT2D eigenvalue weighted by Gasteiger charge is 2.18. The van der Waals surface area contributed by atoms with Crippen LogP contribution < -0.4 is 10.9 Å². The molecular formula is C12H13N5O2S. The molecule has 1 unspecified atom stereocenters. The van der Waals surface area contributed by atoms with Gasteiger partial charge in [0.15, 0.2) is 0 Å². The average molecular weight is 291 g/mol. The Kier molecular flexibility index (Phi) is 3.01. The molecule has 8 heteroatoms. The van der Waals surface area contributed by atoms with Crippen LogP contribution in [0.2, 0.25) is 0 Å².